The number of carbonyl (C=O) groups excluding carboxylic acids is 2. The van der Waals surface area contributed by atoms with Crippen LogP contribution in [0, 0.1) is 0 Å². The van der Waals surface area contributed by atoms with Crippen LogP contribution in [0.3, 0.4) is 0 Å². The van der Waals surface area contributed by atoms with Gasteiger partial charge in [-0.15, -0.1) is 0 Å². The Morgan fingerprint density at radius 3 is 1.96 bits per heavy atom. The first-order valence-electron chi connectivity index (χ1n) is 15.2. The highest BCUT2D eigenvalue weighted by Crippen LogP contribution is 2.34. The number of ether oxygens (including phenoxy) is 2. The normalized spacial score (nSPS) is 14.4. The van der Waals surface area contributed by atoms with E-state index in [9.17, 15) is 9.59 Å². The lowest BCUT2D eigenvalue weighted by Crippen LogP contribution is -2.32. The summed E-state index contributed by atoms with van der Waals surface area (Å²) in [5.74, 6) is -0.641. The highest BCUT2D eigenvalue weighted by molar-refractivity contribution is 6.12. The van der Waals surface area contributed by atoms with Gasteiger partial charge in [-0.3, -0.25) is 9.69 Å². The van der Waals surface area contributed by atoms with Crippen LogP contribution in [0.2, 0.25) is 0 Å². The number of carbonyl (C=O) groups is 2. The van der Waals surface area contributed by atoms with Gasteiger partial charge in [0.05, 0.1) is 17.9 Å². The molecule has 0 radical (unpaired) electrons. The highest BCUT2D eigenvalue weighted by Gasteiger charge is 2.35. The van der Waals surface area contributed by atoms with Gasteiger partial charge in [0, 0.05) is 23.6 Å². The predicted octanol–water partition coefficient (Wildman–Crippen LogP) is 8.46. The lowest BCUT2D eigenvalue weighted by molar-refractivity contribution is -0.122. The Morgan fingerprint density at radius 2 is 1.33 bits per heavy atom. The second-order valence-corrected chi connectivity index (χ2v) is 10.5. The van der Waals surface area contributed by atoms with E-state index in [1.807, 2.05) is 91.0 Å². The van der Waals surface area contributed by atoms with Crippen LogP contribution in [0.15, 0.2) is 150 Å². The van der Waals surface area contributed by atoms with Crippen molar-refractivity contribution < 1.29 is 19.1 Å². The van der Waals surface area contributed by atoms with Crippen molar-refractivity contribution in [3.05, 3.63) is 162 Å². The van der Waals surface area contributed by atoms with Crippen molar-refractivity contribution in [2.45, 2.75) is 13.3 Å². The zero-order valence-electron chi connectivity index (χ0n) is 25.5. The van der Waals surface area contributed by atoms with Gasteiger partial charge in [0.25, 0.3) is 5.91 Å². The molecule has 5 aromatic carbocycles. The van der Waals surface area contributed by atoms with E-state index in [0.717, 1.165) is 28.2 Å². The lowest BCUT2D eigenvalue weighted by atomic mass is 10.1. The molecular formula is C39H33N3O4. The summed E-state index contributed by atoms with van der Waals surface area (Å²) in [6, 6.07) is 45.2. The third-order valence-electron chi connectivity index (χ3n) is 7.45. The molecule has 7 nitrogen and oxygen atoms in total. The monoisotopic (exact) mass is 607 g/mol. The number of anilines is 3. The first-order chi connectivity index (χ1) is 22.6. The summed E-state index contributed by atoms with van der Waals surface area (Å²) >= 11 is 0. The van der Waals surface area contributed by atoms with Crippen molar-refractivity contribution in [1.82, 2.24) is 4.90 Å². The van der Waals surface area contributed by atoms with Crippen molar-refractivity contribution in [1.29, 1.82) is 0 Å². The Balaban J connectivity index is 1.31. The molecule has 0 unspecified atom stereocenters. The van der Waals surface area contributed by atoms with E-state index in [0.29, 0.717) is 24.2 Å². The molecule has 7 heteroatoms. The van der Waals surface area contributed by atoms with Gasteiger partial charge < -0.3 is 14.4 Å². The van der Waals surface area contributed by atoms with Gasteiger partial charge in [-0.05, 0) is 79.1 Å². The standard InChI is InChI=1S/C39H33N3O4/c1-2-45-38(44)34-20-12-13-21-35(34)40-39-41(27-26-29-14-6-3-7-15-29)37(43)36(46-39)28-30-22-24-33(25-23-30)42(31-16-8-4-9-17-31)32-18-10-5-11-19-32/h3-25,28H,2,26-27H2,1H3/b36-28+,40-39?. The number of amidine groups is 1. The van der Waals surface area contributed by atoms with Gasteiger partial charge >= 0.3 is 12.0 Å². The Bertz CT molecular complexity index is 1820. The van der Waals surface area contributed by atoms with Gasteiger partial charge in [-0.1, -0.05) is 91.0 Å². The maximum absolute atomic E-state index is 13.8. The third kappa shape index (κ3) is 6.89. The van der Waals surface area contributed by atoms with Crippen LogP contribution in [-0.4, -0.2) is 35.9 Å². The molecule has 1 heterocycles. The summed E-state index contributed by atoms with van der Waals surface area (Å²) in [6.07, 6.45) is 2.32. The summed E-state index contributed by atoms with van der Waals surface area (Å²) < 4.78 is 11.3. The fraction of sp³-hybridized carbons (Fsp3) is 0.103. The Labute approximate surface area is 268 Å². The van der Waals surface area contributed by atoms with Crippen LogP contribution in [0.5, 0.6) is 0 Å². The first kappa shape index (κ1) is 30.1. The molecule has 0 aromatic heterocycles. The number of amides is 1. The number of rotatable bonds is 10. The maximum Gasteiger partial charge on any atom is 0.340 e. The minimum Gasteiger partial charge on any atom is -0.462 e. The smallest absolute Gasteiger partial charge is 0.340 e. The average molecular weight is 608 g/mol. The lowest BCUT2D eigenvalue weighted by Gasteiger charge is -2.25. The molecular weight excluding hydrogens is 574 g/mol. The van der Waals surface area contributed by atoms with E-state index in [1.165, 1.54) is 4.90 Å². The molecule has 0 saturated carbocycles. The van der Waals surface area contributed by atoms with Crippen molar-refractivity contribution >= 4 is 46.7 Å². The highest BCUT2D eigenvalue weighted by atomic mass is 16.5. The van der Waals surface area contributed by atoms with Crippen molar-refractivity contribution in [3.8, 4) is 0 Å². The Hall–Kier alpha value is -5.95. The SMILES string of the molecule is CCOC(=O)c1ccccc1N=C1O/C(=C/c2ccc(N(c3ccccc3)c3ccccc3)cc2)C(=O)N1CCc1ccccc1. The largest absolute Gasteiger partial charge is 0.462 e. The molecule has 228 valence electrons. The predicted molar refractivity (Wildman–Crippen MR) is 182 cm³/mol. The van der Waals surface area contributed by atoms with Gasteiger partial charge in [0.2, 0.25) is 0 Å². The van der Waals surface area contributed by atoms with Crippen LogP contribution in [0.4, 0.5) is 22.7 Å². The fourth-order valence-corrected chi connectivity index (χ4v) is 5.20. The van der Waals surface area contributed by atoms with E-state index >= 15 is 0 Å². The molecule has 0 atom stereocenters. The van der Waals surface area contributed by atoms with E-state index < -0.39 is 5.97 Å². The zero-order chi connectivity index (χ0) is 31.7. The van der Waals surface area contributed by atoms with Crippen molar-refractivity contribution in [2.24, 2.45) is 4.99 Å². The minimum atomic E-state index is -0.487. The number of hydrogen-bond donors (Lipinski definition) is 0. The van der Waals surface area contributed by atoms with Crippen molar-refractivity contribution in [3.63, 3.8) is 0 Å². The molecule has 0 bridgehead atoms. The quantitative estimate of drug-likeness (QED) is 0.118. The number of hydrogen-bond acceptors (Lipinski definition) is 6. The number of esters is 1. The first-order valence-corrected chi connectivity index (χ1v) is 15.2. The second-order valence-electron chi connectivity index (χ2n) is 10.5. The van der Waals surface area contributed by atoms with Crippen LogP contribution in [0.25, 0.3) is 6.08 Å². The van der Waals surface area contributed by atoms with Gasteiger partial charge in [0.1, 0.15) is 0 Å². The van der Waals surface area contributed by atoms with E-state index in [-0.39, 0.29) is 24.3 Å². The second kappa shape index (κ2) is 14.2. The summed E-state index contributed by atoms with van der Waals surface area (Å²) in [5, 5.41) is 0. The number of benzene rings is 5. The van der Waals surface area contributed by atoms with E-state index in [2.05, 4.69) is 34.2 Å². The molecule has 0 aliphatic carbocycles. The number of nitrogens with zero attached hydrogens (tertiary/aromatic N) is 3. The number of para-hydroxylation sites is 3. The molecule has 1 aliphatic rings. The maximum atomic E-state index is 13.8. The molecule has 6 rings (SSSR count). The van der Waals surface area contributed by atoms with Crippen LogP contribution in [-0.2, 0) is 20.7 Å². The Kier molecular flexibility index (Phi) is 9.30. The average Bonchev–Trinajstić information content (AvgIpc) is 3.39. The molecule has 1 saturated heterocycles. The Morgan fingerprint density at radius 1 is 0.761 bits per heavy atom. The molecule has 0 spiro atoms. The molecule has 5 aromatic rings. The zero-order valence-corrected chi connectivity index (χ0v) is 25.5. The van der Waals surface area contributed by atoms with Crippen LogP contribution >= 0.6 is 0 Å². The molecule has 46 heavy (non-hydrogen) atoms. The summed E-state index contributed by atoms with van der Waals surface area (Å²) in [6.45, 7) is 2.34. The van der Waals surface area contributed by atoms with E-state index in [4.69, 9.17) is 9.47 Å². The molecule has 1 fully saturated rings. The third-order valence-corrected chi connectivity index (χ3v) is 7.45. The topological polar surface area (TPSA) is 71.4 Å². The molecule has 1 aliphatic heterocycles. The summed E-state index contributed by atoms with van der Waals surface area (Å²) in [7, 11) is 0. The summed E-state index contributed by atoms with van der Waals surface area (Å²) in [5.41, 5.74) is 5.58. The van der Waals surface area contributed by atoms with Gasteiger partial charge in [-0.2, -0.15) is 4.99 Å². The molecule has 0 N–H and O–H groups in total. The van der Waals surface area contributed by atoms with Crippen molar-refractivity contribution in [2.75, 3.05) is 18.1 Å². The van der Waals surface area contributed by atoms with Gasteiger partial charge in [-0.25, -0.2) is 4.79 Å². The van der Waals surface area contributed by atoms with Crippen LogP contribution in [0.1, 0.15) is 28.4 Å². The van der Waals surface area contributed by atoms with Gasteiger partial charge in [0.15, 0.2) is 5.76 Å². The number of aliphatic imine (C=N–C) groups is 1. The van der Waals surface area contributed by atoms with Crippen LogP contribution < -0.4 is 4.90 Å². The summed E-state index contributed by atoms with van der Waals surface area (Å²) in [4.78, 5) is 34.7. The fourth-order valence-electron chi connectivity index (χ4n) is 5.20. The minimum absolute atomic E-state index is 0.111. The molecule has 1 amide bonds. The van der Waals surface area contributed by atoms with E-state index in [1.54, 1.807) is 37.3 Å².